The lowest BCUT2D eigenvalue weighted by molar-refractivity contribution is -0.376. The molecule has 0 spiro atoms. The van der Waals surface area contributed by atoms with Gasteiger partial charge in [-0.25, -0.2) is 4.39 Å². The Balaban J connectivity index is 2.00. The smallest absolute Gasteiger partial charge is 0.369 e. The average molecular weight is 679 g/mol. The highest BCUT2D eigenvalue weighted by Gasteiger charge is 2.71. The first kappa shape index (κ1) is 32.2. The number of aliphatic hydroxyl groups is 1. The van der Waals surface area contributed by atoms with Crippen LogP contribution in [0.5, 0.6) is 0 Å². The number of hydrogen-bond acceptors (Lipinski definition) is 4. The van der Waals surface area contributed by atoms with Crippen molar-refractivity contribution in [3.8, 4) is 0 Å². The summed E-state index contributed by atoms with van der Waals surface area (Å²) in [5, 5.41) is 13.9. The van der Waals surface area contributed by atoms with E-state index in [-0.39, 0.29) is 28.9 Å². The molecule has 0 saturated heterocycles. The first-order valence-corrected chi connectivity index (χ1v) is 12.3. The first-order chi connectivity index (χ1) is 18.7. The number of rotatable bonds is 6. The van der Waals surface area contributed by atoms with E-state index in [9.17, 15) is 58.6 Å². The lowest BCUT2D eigenvalue weighted by Crippen LogP contribution is -2.54. The highest BCUT2D eigenvalue weighted by Crippen LogP contribution is 2.53. The number of anilines is 2. The zero-order chi connectivity index (χ0) is 31.0. The van der Waals surface area contributed by atoms with Crippen molar-refractivity contribution in [2.45, 2.75) is 28.4 Å². The number of halogens is 11. The molecule has 0 aliphatic carbocycles. The molecule has 0 unspecified atom stereocenters. The second kappa shape index (κ2) is 11.5. The van der Waals surface area contributed by atoms with Gasteiger partial charge in [-0.2, -0.15) is 39.5 Å². The van der Waals surface area contributed by atoms with Gasteiger partial charge < -0.3 is 15.7 Å². The monoisotopic (exact) mass is 678 g/mol. The van der Waals surface area contributed by atoms with Crippen molar-refractivity contribution in [2.24, 2.45) is 0 Å². The second-order valence-corrected chi connectivity index (χ2v) is 10.0. The number of carbonyl (C=O) groups is 2. The molecule has 220 valence electrons. The molecule has 2 amide bonds. The third-order valence-corrected chi connectivity index (χ3v) is 6.66. The van der Waals surface area contributed by atoms with Crippen molar-refractivity contribution in [3.05, 3.63) is 87.6 Å². The van der Waals surface area contributed by atoms with E-state index in [0.29, 0.717) is 0 Å². The minimum atomic E-state index is -6.39. The van der Waals surface area contributed by atoms with Gasteiger partial charge in [0.25, 0.3) is 17.4 Å². The molecular weight excluding hydrogens is 666 g/mol. The van der Waals surface area contributed by atoms with Gasteiger partial charge in [0.2, 0.25) is 0 Å². The van der Waals surface area contributed by atoms with Crippen molar-refractivity contribution in [3.63, 3.8) is 0 Å². The van der Waals surface area contributed by atoms with Gasteiger partial charge in [0.1, 0.15) is 5.82 Å². The lowest BCUT2D eigenvalue weighted by Gasteiger charge is -2.33. The van der Waals surface area contributed by atoms with Crippen LogP contribution < -0.4 is 10.6 Å². The average Bonchev–Trinajstić information content (AvgIpc) is 2.83. The van der Waals surface area contributed by atoms with Crippen LogP contribution in [0.15, 0.2) is 70.0 Å². The van der Waals surface area contributed by atoms with Gasteiger partial charge in [0, 0.05) is 26.2 Å². The number of amides is 2. The molecule has 3 aromatic rings. The standard InChI is InChI=1S/C24H13BrF10N2O3S/c25-15-9-12(21(40,22(27,28)29)23(30,31)32)10-17(41-24(33,34)35)18(15)37-19(38)11-4-3-5-13(8-11)36-20(39)14-6-1-2-7-16(14)26/h1-10,40H,(H,36,39)(H,37,38). The Hall–Kier alpha value is -3.31. The normalized spacial score (nSPS) is 12.7. The molecule has 0 aliphatic heterocycles. The number of hydrogen-bond donors (Lipinski definition) is 3. The van der Waals surface area contributed by atoms with Gasteiger partial charge in [0.05, 0.1) is 11.3 Å². The van der Waals surface area contributed by atoms with Gasteiger partial charge in [0.15, 0.2) is 0 Å². The predicted octanol–water partition coefficient (Wildman–Crippen LogP) is 8.02. The van der Waals surface area contributed by atoms with E-state index in [2.05, 4.69) is 21.2 Å². The van der Waals surface area contributed by atoms with Crippen LogP contribution in [-0.2, 0) is 5.60 Å². The summed E-state index contributed by atoms with van der Waals surface area (Å²) in [6.07, 6.45) is -12.8. The molecule has 0 saturated carbocycles. The Labute approximate surface area is 236 Å². The SMILES string of the molecule is O=C(Nc1c(Br)cc(C(O)(C(F)(F)F)C(F)(F)F)cc1SC(F)(F)F)c1cccc(NC(=O)c2ccccc2F)c1. The van der Waals surface area contributed by atoms with Crippen LogP contribution in [-0.4, -0.2) is 34.8 Å². The molecule has 0 aromatic heterocycles. The molecule has 3 aromatic carbocycles. The van der Waals surface area contributed by atoms with E-state index < -0.39 is 73.5 Å². The Morgan fingerprint density at radius 1 is 0.780 bits per heavy atom. The first-order valence-electron chi connectivity index (χ1n) is 10.7. The van der Waals surface area contributed by atoms with E-state index >= 15 is 0 Å². The van der Waals surface area contributed by atoms with Crippen molar-refractivity contribution < 1.29 is 58.6 Å². The zero-order valence-corrected chi connectivity index (χ0v) is 22.0. The molecule has 17 heteroatoms. The highest BCUT2D eigenvalue weighted by molar-refractivity contribution is 9.10. The summed E-state index contributed by atoms with van der Waals surface area (Å²) >= 11 is 1.44. The fourth-order valence-electron chi connectivity index (χ4n) is 3.37. The van der Waals surface area contributed by atoms with Gasteiger partial charge in [-0.15, -0.1) is 0 Å². The quantitative estimate of drug-likeness (QED) is 0.182. The lowest BCUT2D eigenvalue weighted by atomic mass is 9.92. The van der Waals surface area contributed by atoms with Crippen LogP contribution in [0.3, 0.4) is 0 Å². The summed E-state index contributed by atoms with van der Waals surface area (Å²) in [6, 6.07) is 9.43. The number of carbonyl (C=O) groups excluding carboxylic acids is 2. The summed E-state index contributed by atoms with van der Waals surface area (Å²) in [6.45, 7) is 0. The molecule has 0 aliphatic rings. The van der Waals surface area contributed by atoms with Gasteiger partial charge in [-0.3, -0.25) is 9.59 Å². The summed E-state index contributed by atoms with van der Waals surface area (Å²) in [7, 11) is 0. The molecule has 0 atom stereocenters. The van der Waals surface area contributed by atoms with E-state index in [1.165, 1.54) is 30.3 Å². The highest BCUT2D eigenvalue weighted by atomic mass is 79.9. The third kappa shape index (κ3) is 7.13. The number of nitrogens with one attached hydrogen (secondary N) is 2. The molecular formula is C24H13BrF10N2O3S. The maximum absolute atomic E-state index is 13.9. The fourth-order valence-corrected chi connectivity index (χ4v) is 4.76. The Morgan fingerprint density at radius 2 is 1.39 bits per heavy atom. The Morgan fingerprint density at radius 3 is 1.95 bits per heavy atom. The largest absolute Gasteiger partial charge is 0.446 e. The van der Waals surface area contributed by atoms with Gasteiger partial charge in [-0.05, 0) is 70.2 Å². The van der Waals surface area contributed by atoms with E-state index in [4.69, 9.17) is 0 Å². The van der Waals surface area contributed by atoms with E-state index in [1.54, 1.807) is 0 Å². The van der Waals surface area contributed by atoms with Crippen LogP contribution in [0.2, 0.25) is 0 Å². The van der Waals surface area contributed by atoms with Crippen molar-refractivity contribution in [1.82, 2.24) is 0 Å². The number of alkyl halides is 9. The van der Waals surface area contributed by atoms with Gasteiger partial charge >= 0.3 is 17.9 Å². The topological polar surface area (TPSA) is 78.4 Å². The molecule has 5 nitrogen and oxygen atoms in total. The Bertz CT molecular complexity index is 1460. The molecule has 0 bridgehead atoms. The van der Waals surface area contributed by atoms with Crippen molar-refractivity contribution in [1.29, 1.82) is 0 Å². The van der Waals surface area contributed by atoms with E-state index in [1.807, 2.05) is 5.32 Å². The molecule has 0 fully saturated rings. The van der Waals surface area contributed by atoms with Crippen molar-refractivity contribution >= 4 is 50.9 Å². The zero-order valence-electron chi connectivity index (χ0n) is 19.6. The second-order valence-electron chi connectivity index (χ2n) is 8.05. The fraction of sp³-hybridized carbons (Fsp3) is 0.167. The maximum Gasteiger partial charge on any atom is 0.446 e. The van der Waals surface area contributed by atoms with Crippen LogP contribution in [0, 0.1) is 5.82 Å². The van der Waals surface area contributed by atoms with Crippen LogP contribution >= 0.6 is 27.7 Å². The summed E-state index contributed by atoms with van der Waals surface area (Å²) in [4.78, 5) is 23.9. The molecule has 0 heterocycles. The minimum Gasteiger partial charge on any atom is -0.369 e. The number of benzene rings is 3. The number of thioether (sulfide) groups is 1. The summed E-state index contributed by atoms with van der Waals surface area (Å²) in [5.74, 6) is -2.96. The maximum atomic E-state index is 13.9. The van der Waals surface area contributed by atoms with Crippen LogP contribution in [0.25, 0.3) is 0 Å². The molecule has 41 heavy (non-hydrogen) atoms. The minimum absolute atomic E-state index is 0.0642. The van der Waals surface area contributed by atoms with Crippen LogP contribution in [0.1, 0.15) is 26.3 Å². The summed E-state index contributed by atoms with van der Waals surface area (Å²) < 4.78 is 133. The van der Waals surface area contributed by atoms with Crippen LogP contribution in [0.4, 0.5) is 55.3 Å². The van der Waals surface area contributed by atoms with Crippen molar-refractivity contribution in [2.75, 3.05) is 10.6 Å². The Kier molecular flexibility index (Phi) is 9.05. The van der Waals surface area contributed by atoms with Gasteiger partial charge in [-0.1, -0.05) is 18.2 Å². The molecule has 0 radical (unpaired) electrons. The molecule has 3 N–H and O–H groups in total. The predicted molar refractivity (Wildman–Crippen MR) is 131 cm³/mol. The third-order valence-electron chi connectivity index (χ3n) is 5.26. The molecule has 3 rings (SSSR count). The van der Waals surface area contributed by atoms with E-state index in [0.717, 1.165) is 18.2 Å². The summed E-state index contributed by atoms with van der Waals surface area (Å²) in [5.41, 5.74) is -14.4.